The molecule has 4 aliphatic heterocycles. The first-order valence-corrected chi connectivity index (χ1v) is 34.5. The molecule has 480 valence electrons. The van der Waals surface area contributed by atoms with Gasteiger partial charge in [0.25, 0.3) is 37.6 Å². The van der Waals surface area contributed by atoms with Crippen molar-refractivity contribution in [2.75, 3.05) is 113 Å². The molecule has 5 aliphatic rings. The van der Waals surface area contributed by atoms with E-state index in [0.29, 0.717) is 120 Å². The standard InChI is InChI=1S/C65H75ClF3N9O9S3/c1-44-12-23-57(61(80)71-44)78-62(81)54-10-7-11-56(59(54)63(78)82)70-27-38-87-39-37-75-31-29-74(30-32-75)28-25-49(43-88-51-8-5-4-6-9-51)72-55-22-21-52(40-58(55)89(83,84)65(67,68)69)90(85,86)73-60(79)46-15-19-50(20-16-46)77-35-33-76(34-36-77)42-47-41-64(2,3)26-24-53(47)45-13-17-48(66)18-14-45/h4-11,13-22,40,49,57,70,72H,1,12,23-39,41-43H2,2-3H3,(H,71,80)(H,73,79)/t49-,57?/m1/s1. The summed E-state index contributed by atoms with van der Waals surface area (Å²) in [6.45, 7) is 17.2. The highest BCUT2D eigenvalue weighted by atomic mass is 35.5. The van der Waals surface area contributed by atoms with E-state index >= 15 is 0 Å². The summed E-state index contributed by atoms with van der Waals surface area (Å²) in [6, 6.07) is 29.6. The van der Waals surface area contributed by atoms with Crippen LogP contribution >= 0.6 is 23.4 Å². The minimum Gasteiger partial charge on any atom is -0.382 e. The Morgan fingerprint density at radius 2 is 1.49 bits per heavy atom. The number of sulfonamides is 1. The van der Waals surface area contributed by atoms with E-state index in [9.17, 15) is 49.2 Å². The number of sulfone groups is 1. The van der Waals surface area contributed by atoms with Gasteiger partial charge in [-0.2, -0.15) is 13.2 Å². The number of hydrogen-bond donors (Lipinski definition) is 4. The molecule has 3 saturated heterocycles. The van der Waals surface area contributed by atoms with Crippen molar-refractivity contribution in [3.63, 3.8) is 0 Å². The van der Waals surface area contributed by atoms with Crippen LogP contribution in [0.5, 0.6) is 0 Å². The summed E-state index contributed by atoms with van der Waals surface area (Å²) in [4.78, 5) is 61.9. The number of halogens is 4. The monoisotopic (exact) mass is 1310 g/mol. The number of benzene rings is 5. The number of nitrogens with one attached hydrogen (secondary N) is 4. The van der Waals surface area contributed by atoms with Crippen molar-refractivity contribution in [3.05, 3.63) is 160 Å². The number of amides is 4. The highest BCUT2D eigenvalue weighted by Crippen LogP contribution is 2.43. The van der Waals surface area contributed by atoms with Gasteiger partial charge in [-0.05, 0) is 134 Å². The number of nitrogens with zero attached hydrogens (tertiary/aromatic N) is 5. The molecule has 18 nitrogen and oxygen atoms in total. The molecule has 1 unspecified atom stereocenters. The Balaban J connectivity index is 0.718. The fourth-order valence-corrected chi connectivity index (χ4v) is 15.3. The fourth-order valence-electron chi connectivity index (χ4n) is 12.2. The smallest absolute Gasteiger partial charge is 0.382 e. The second kappa shape index (κ2) is 28.4. The predicted octanol–water partition coefficient (Wildman–Crippen LogP) is 9.64. The van der Waals surface area contributed by atoms with Crippen molar-refractivity contribution in [1.82, 2.24) is 29.6 Å². The van der Waals surface area contributed by atoms with Crippen molar-refractivity contribution in [2.45, 2.75) is 84.7 Å². The van der Waals surface area contributed by atoms with Crippen molar-refractivity contribution in [3.8, 4) is 0 Å². The van der Waals surface area contributed by atoms with E-state index < -0.39 is 76.6 Å². The van der Waals surface area contributed by atoms with E-state index in [0.717, 1.165) is 66.5 Å². The Labute approximate surface area is 533 Å². The van der Waals surface area contributed by atoms with Crippen molar-refractivity contribution in [2.24, 2.45) is 5.41 Å². The summed E-state index contributed by atoms with van der Waals surface area (Å²) < 4.78 is 106. The van der Waals surface area contributed by atoms with Gasteiger partial charge in [-0.15, -0.1) is 11.8 Å². The molecule has 4 N–H and O–H groups in total. The van der Waals surface area contributed by atoms with Crippen LogP contribution in [0.2, 0.25) is 5.02 Å². The Kier molecular flexibility index (Phi) is 20.9. The fraction of sp³-hybridized carbons (Fsp3) is 0.415. The number of piperidine rings is 1. The zero-order valence-corrected chi connectivity index (χ0v) is 53.5. The van der Waals surface area contributed by atoms with Crippen LogP contribution in [-0.2, 0) is 29.4 Å². The van der Waals surface area contributed by atoms with Crippen LogP contribution < -0.4 is 25.6 Å². The highest BCUT2D eigenvalue weighted by Gasteiger charge is 2.49. The first kappa shape index (κ1) is 66.2. The van der Waals surface area contributed by atoms with Crippen LogP contribution in [0.1, 0.15) is 89.0 Å². The molecule has 90 heavy (non-hydrogen) atoms. The summed E-state index contributed by atoms with van der Waals surface area (Å²) in [5.41, 5.74) is 0.245. The van der Waals surface area contributed by atoms with E-state index in [4.69, 9.17) is 16.3 Å². The first-order chi connectivity index (χ1) is 42.9. The number of alkyl halides is 3. The molecule has 5 aromatic rings. The van der Waals surface area contributed by atoms with Crippen LogP contribution in [0.15, 0.2) is 148 Å². The molecule has 4 amide bonds. The number of hydrogen-bond acceptors (Lipinski definition) is 16. The highest BCUT2D eigenvalue weighted by molar-refractivity contribution is 7.99. The zero-order chi connectivity index (χ0) is 64.0. The number of allylic oxidation sites excluding steroid dienone is 2. The molecule has 0 bridgehead atoms. The van der Waals surface area contributed by atoms with E-state index in [1.165, 1.54) is 40.6 Å². The average Bonchev–Trinajstić information content (AvgIpc) is 1.50. The number of rotatable bonds is 24. The lowest BCUT2D eigenvalue weighted by Gasteiger charge is -2.39. The predicted molar refractivity (Wildman–Crippen MR) is 344 cm³/mol. The maximum Gasteiger partial charge on any atom is 0.501 e. The number of piperazine rings is 2. The van der Waals surface area contributed by atoms with Gasteiger partial charge in [0.15, 0.2) is 0 Å². The van der Waals surface area contributed by atoms with Crippen molar-refractivity contribution >= 4 is 89.5 Å². The van der Waals surface area contributed by atoms with E-state index in [1.807, 2.05) is 47.2 Å². The molecule has 3 fully saturated rings. The quantitative estimate of drug-likeness (QED) is 0.0257. The van der Waals surface area contributed by atoms with Crippen LogP contribution in [0.3, 0.4) is 0 Å². The molecule has 0 spiro atoms. The third-order valence-electron chi connectivity index (χ3n) is 17.2. The number of carbonyl (C=O) groups is 4. The SMILES string of the molecule is C=C1CCC(N2C(=O)c3cccc(NCCOCCN4CCN(CC[C@H](CSc5ccccc5)Nc5ccc(S(=O)(=O)NC(=O)c6ccc(N7CCN(CC8=C(c9ccc(Cl)cc9)CCC(C)(C)C8)CC7)cc6)cc5S(=O)(=O)C(F)(F)F)CC4)c3C2=O)C(=O)N1. The lowest BCUT2D eigenvalue weighted by Crippen LogP contribution is -2.51. The molecule has 4 heterocycles. The van der Waals surface area contributed by atoms with Crippen LogP contribution in [0, 0.1) is 5.41 Å². The lowest BCUT2D eigenvalue weighted by molar-refractivity contribution is -0.125. The van der Waals surface area contributed by atoms with E-state index in [2.05, 4.69) is 68.1 Å². The molecule has 5 aromatic carbocycles. The van der Waals surface area contributed by atoms with Gasteiger partial charge in [0.05, 0.1) is 34.9 Å². The normalized spacial score (nSPS) is 19.2. The van der Waals surface area contributed by atoms with Gasteiger partial charge in [0, 0.05) is 123 Å². The molecule has 10 rings (SSSR count). The molecule has 25 heteroatoms. The Morgan fingerprint density at radius 3 is 2.18 bits per heavy atom. The number of thioether (sulfide) groups is 1. The third kappa shape index (κ3) is 15.9. The third-order valence-corrected chi connectivity index (χ3v) is 21.5. The van der Waals surface area contributed by atoms with E-state index in [1.54, 1.807) is 30.3 Å². The second-order valence-corrected chi connectivity index (χ2v) is 29.2. The maximum atomic E-state index is 14.5. The molecular formula is C65H75ClF3N9O9S3. The topological polar surface area (TPSA) is 210 Å². The lowest BCUT2D eigenvalue weighted by atomic mass is 9.73. The summed E-state index contributed by atoms with van der Waals surface area (Å²) >= 11 is 7.64. The van der Waals surface area contributed by atoms with Gasteiger partial charge in [-0.3, -0.25) is 33.9 Å². The molecule has 0 aromatic heterocycles. The number of imide groups is 1. The summed E-state index contributed by atoms with van der Waals surface area (Å²) in [6.07, 6.45) is 4.24. The van der Waals surface area contributed by atoms with Gasteiger partial charge in [0.2, 0.25) is 5.91 Å². The Bertz CT molecular complexity index is 3730. The van der Waals surface area contributed by atoms with Crippen molar-refractivity contribution in [1.29, 1.82) is 0 Å². The largest absolute Gasteiger partial charge is 0.501 e. The Morgan fingerprint density at radius 1 is 0.800 bits per heavy atom. The van der Waals surface area contributed by atoms with Gasteiger partial charge < -0.3 is 30.5 Å². The first-order valence-electron chi connectivity index (χ1n) is 30.2. The van der Waals surface area contributed by atoms with Gasteiger partial charge in [-0.1, -0.05) is 74.0 Å². The van der Waals surface area contributed by atoms with Gasteiger partial charge in [0.1, 0.15) is 10.9 Å². The minimum absolute atomic E-state index is 0.0261. The number of ether oxygens (including phenoxy) is 1. The minimum atomic E-state index is -6.14. The molecule has 0 radical (unpaired) electrons. The van der Waals surface area contributed by atoms with Crippen LogP contribution in [0.4, 0.5) is 30.2 Å². The second-order valence-electron chi connectivity index (χ2n) is 24.1. The molecule has 2 atom stereocenters. The molecule has 0 saturated carbocycles. The summed E-state index contributed by atoms with van der Waals surface area (Å²) in [5.74, 6) is -2.22. The summed E-state index contributed by atoms with van der Waals surface area (Å²) in [5, 5.41) is 9.59. The van der Waals surface area contributed by atoms with Crippen LogP contribution in [0.25, 0.3) is 5.57 Å². The van der Waals surface area contributed by atoms with Gasteiger partial charge >= 0.3 is 5.51 Å². The number of carbonyl (C=O) groups excluding carboxylic acids is 4. The number of fused-ring (bicyclic) bond motifs is 1. The van der Waals surface area contributed by atoms with E-state index in [-0.39, 0.29) is 22.1 Å². The van der Waals surface area contributed by atoms with Gasteiger partial charge in [-0.25, -0.2) is 21.6 Å². The zero-order valence-electron chi connectivity index (χ0n) is 50.3. The summed E-state index contributed by atoms with van der Waals surface area (Å²) in [7, 11) is -11.1. The molecule has 1 aliphatic carbocycles. The molecular weight excluding hydrogens is 1240 g/mol. The average molecular weight is 1320 g/mol. The van der Waals surface area contributed by atoms with Crippen LogP contribution in [-0.4, -0.2) is 175 Å². The Hall–Kier alpha value is -6.77. The maximum absolute atomic E-state index is 14.5. The number of anilines is 3. The van der Waals surface area contributed by atoms with Crippen molar-refractivity contribution < 1.29 is 53.9 Å².